The topological polar surface area (TPSA) is 49.3 Å². The van der Waals surface area contributed by atoms with Crippen molar-refractivity contribution in [3.8, 4) is 0 Å². The van der Waals surface area contributed by atoms with Crippen LogP contribution in [0.15, 0.2) is 12.7 Å². The molecule has 3 atom stereocenters. The molecule has 0 aliphatic heterocycles. The Morgan fingerprint density at radius 3 is 2.70 bits per heavy atom. The number of carboxylic acid groups (broad SMARTS) is 1. The van der Waals surface area contributed by atoms with Gasteiger partial charge in [0.2, 0.25) is 0 Å². The molecule has 3 nitrogen and oxygen atoms in total. The monoisotopic (exact) mass is 159 g/mol. The molecule has 0 spiro atoms. The predicted octanol–water partition coefficient (Wildman–Crippen LogP) is 0.395. The highest BCUT2D eigenvalue weighted by Crippen LogP contribution is 2.45. The van der Waals surface area contributed by atoms with Gasteiger partial charge < -0.3 is 5.11 Å². The van der Waals surface area contributed by atoms with Gasteiger partial charge in [-0.2, -0.15) is 0 Å². The Bertz CT molecular complexity index is 183. The summed E-state index contributed by atoms with van der Waals surface area (Å²) in [5.41, 5.74) is -0.730. The van der Waals surface area contributed by atoms with Crippen molar-refractivity contribution in [2.75, 3.05) is 0 Å². The minimum Gasteiger partial charge on any atom is -0.480 e. The molecule has 56 valence electrons. The van der Waals surface area contributed by atoms with Crippen molar-refractivity contribution in [1.29, 1.82) is 0 Å². The summed E-state index contributed by atoms with van der Waals surface area (Å²) in [4.78, 5) is 10.6. The fraction of sp³-hybridized carbons (Fsp3) is 0.500. The molecule has 1 aliphatic carbocycles. The molecule has 0 aromatic heterocycles. The van der Waals surface area contributed by atoms with Crippen LogP contribution in [0.1, 0.15) is 6.42 Å². The lowest BCUT2D eigenvalue weighted by atomic mass is 10.2. The highest BCUT2D eigenvalue weighted by molar-refractivity contribution is 7.13. The minimum atomic E-state index is -0.799. The summed E-state index contributed by atoms with van der Waals surface area (Å²) < 4.78 is 0. The van der Waals surface area contributed by atoms with Gasteiger partial charge in [0.15, 0.2) is 0 Å². The van der Waals surface area contributed by atoms with Gasteiger partial charge in [0.25, 0.3) is 0 Å². The van der Waals surface area contributed by atoms with Crippen molar-refractivity contribution in [2.45, 2.75) is 12.0 Å². The van der Waals surface area contributed by atoms with E-state index in [9.17, 15) is 4.79 Å². The Morgan fingerprint density at radius 1 is 2.00 bits per heavy atom. The highest BCUT2D eigenvalue weighted by Gasteiger charge is 2.58. The zero-order chi connectivity index (χ0) is 7.78. The summed E-state index contributed by atoms with van der Waals surface area (Å²) >= 11 is 0. The van der Waals surface area contributed by atoms with Crippen LogP contribution in [0.25, 0.3) is 0 Å². The molecule has 1 aliphatic rings. The molecule has 0 heterocycles. The lowest BCUT2D eigenvalue weighted by Gasteiger charge is -2.07. The van der Waals surface area contributed by atoms with E-state index in [1.165, 1.54) is 0 Å². The second-order valence-corrected chi connectivity index (χ2v) is 2.76. The van der Waals surface area contributed by atoms with Crippen molar-refractivity contribution in [2.24, 2.45) is 5.92 Å². The largest absolute Gasteiger partial charge is 0.480 e. The maximum Gasteiger partial charge on any atom is 0.324 e. The molecular formula is C6H10NO2P. The van der Waals surface area contributed by atoms with E-state index in [2.05, 4.69) is 21.1 Å². The number of aliphatic carboxylic acids is 1. The Kier molecular flexibility index (Phi) is 1.80. The van der Waals surface area contributed by atoms with E-state index < -0.39 is 11.5 Å². The summed E-state index contributed by atoms with van der Waals surface area (Å²) in [5, 5.41) is 11.4. The summed E-state index contributed by atoms with van der Waals surface area (Å²) in [7, 11) is 2.23. The van der Waals surface area contributed by atoms with E-state index in [1.807, 2.05) is 0 Å². The van der Waals surface area contributed by atoms with E-state index >= 15 is 0 Å². The van der Waals surface area contributed by atoms with Gasteiger partial charge in [-0.05, 0) is 6.42 Å². The van der Waals surface area contributed by atoms with E-state index in [-0.39, 0.29) is 5.92 Å². The van der Waals surface area contributed by atoms with Crippen LogP contribution in [0.5, 0.6) is 0 Å². The lowest BCUT2D eigenvalue weighted by Crippen LogP contribution is -2.34. The van der Waals surface area contributed by atoms with Crippen LogP contribution in [-0.4, -0.2) is 16.6 Å². The maximum atomic E-state index is 10.6. The Balaban J connectivity index is 2.67. The fourth-order valence-electron chi connectivity index (χ4n) is 1.05. The van der Waals surface area contributed by atoms with Crippen LogP contribution in [0, 0.1) is 5.92 Å². The Morgan fingerprint density at radius 2 is 2.60 bits per heavy atom. The number of hydrogen-bond donors (Lipinski definition) is 2. The molecule has 0 bridgehead atoms. The average molecular weight is 159 g/mol. The molecule has 0 aromatic rings. The van der Waals surface area contributed by atoms with Gasteiger partial charge in [0.1, 0.15) is 5.54 Å². The lowest BCUT2D eigenvalue weighted by molar-refractivity contribution is -0.140. The van der Waals surface area contributed by atoms with Crippen LogP contribution >= 0.6 is 9.39 Å². The van der Waals surface area contributed by atoms with E-state index in [0.29, 0.717) is 6.42 Å². The Labute approximate surface area is 61.8 Å². The maximum absolute atomic E-state index is 10.6. The van der Waals surface area contributed by atoms with E-state index in [1.54, 1.807) is 6.08 Å². The SMILES string of the molecule is C=CC1CC1(NP)C(=O)O. The zero-order valence-corrected chi connectivity index (χ0v) is 6.66. The molecule has 1 fully saturated rings. The third-order valence-corrected chi connectivity index (χ3v) is 2.45. The highest BCUT2D eigenvalue weighted by atomic mass is 31.0. The molecule has 0 saturated heterocycles. The van der Waals surface area contributed by atoms with Crippen molar-refractivity contribution in [3.63, 3.8) is 0 Å². The first-order valence-electron chi connectivity index (χ1n) is 3.01. The summed E-state index contributed by atoms with van der Waals surface area (Å²) in [5.74, 6) is -0.713. The smallest absolute Gasteiger partial charge is 0.324 e. The minimum absolute atomic E-state index is 0.0856. The summed E-state index contributed by atoms with van der Waals surface area (Å²) in [6.07, 6.45) is 2.32. The Hall–Kier alpha value is -0.400. The van der Waals surface area contributed by atoms with Crippen LogP contribution in [0.4, 0.5) is 0 Å². The second-order valence-electron chi connectivity index (χ2n) is 2.47. The van der Waals surface area contributed by atoms with Crippen LogP contribution in [-0.2, 0) is 4.79 Å². The van der Waals surface area contributed by atoms with Gasteiger partial charge >= 0.3 is 5.97 Å². The van der Waals surface area contributed by atoms with Crippen molar-refractivity contribution >= 4 is 15.4 Å². The summed E-state index contributed by atoms with van der Waals surface area (Å²) in [6, 6.07) is 0. The molecule has 10 heavy (non-hydrogen) atoms. The molecule has 1 saturated carbocycles. The third kappa shape index (κ3) is 0.862. The van der Waals surface area contributed by atoms with Gasteiger partial charge in [-0.15, -0.1) is 6.58 Å². The number of rotatable bonds is 3. The first-order valence-corrected chi connectivity index (χ1v) is 3.59. The quantitative estimate of drug-likeness (QED) is 0.462. The van der Waals surface area contributed by atoms with Gasteiger partial charge in [-0.3, -0.25) is 9.88 Å². The number of carbonyl (C=O) groups is 1. The molecule has 4 heteroatoms. The van der Waals surface area contributed by atoms with Gasteiger partial charge in [-0.1, -0.05) is 15.5 Å². The van der Waals surface area contributed by atoms with Crippen LogP contribution in [0.2, 0.25) is 0 Å². The predicted molar refractivity (Wildman–Crippen MR) is 41.5 cm³/mol. The molecule has 0 aromatic carbocycles. The van der Waals surface area contributed by atoms with E-state index in [0.717, 1.165) is 0 Å². The van der Waals surface area contributed by atoms with Crippen molar-refractivity contribution < 1.29 is 9.90 Å². The normalized spacial score (nSPS) is 37.1. The van der Waals surface area contributed by atoms with Gasteiger partial charge in [0.05, 0.1) is 0 Å². The molecular weight excluding hydrogens is 149 g/mol. The number of nitrogens with one attached hydrogen (secondary N) is 1. The number of hydrogen-bond acceptors (Lipinski definition) is 2. The standard InChI is InChI=1S/C6H10NO2P/c1-2-4-3-6(4,7-10)5(8)9/h2,4,7H,1,3,10H2,(H,8,9). The number of carboxylic acids is 1. The third-order valence-electron chi connectivity index (χ3n) is 1.94. The fourth-order valence-corrected chi connectivity index (χ4v) is 1.50. The van der Waals surface area contributed by atoms with Gasteiger partial charge in [0, 0.05) is 5.92 Å². The molecule has 2 N–H and O–H groups in total. The second kappa shape index (κ2) is 2.33. The molecule has 0 amide bonds. The molecule has 0 radical (unpaired) electrons. The van der Waals surface area contributed by atoms with Crippen molar-refractivity contribution in [1.82, 2.24) is 5.09 Å². The first kappa shape index (κ1) is 7.70. The summed E-state index contributed by atoms with van der Waals surface area (Å²) in [6.45, 7) is 3.54. The zero-order valence-electron chi connectivity index (χ0n) is 5.50. The van der Waals surface area contributed by atoms with E-state index in [4.69, 9.17) is 5.11 Å². The van der Waals surface area contributed by atoms with Crippen LogP contribution < -0.4 is 5.09 Å². The average Bonchev–Trinajstić information content (AvgIpc) is 2.62. The van der Waals surface area contributed by atoms with Crippen molar-refractivity contribution in [3.05, 3.63) is 12.7 Å². The molecule has 1 rings (SSSR count). The molecule has 3 unspecified atom stereocenters. The van der Waals surface area contributed by atoms with Gasteiger partial charge in [-0.25, -0.2) is 0 Å². The van der Waals surface area contributed by atoms with Crippen LogP contribution in [0.3, 0.4) is 0 Å². The first-order chi connectivity index (χ1) is 4.67.